The predicted molar refractivity (Wildman–Crippen MR) is 133 cm³/mol. The van der Waals surface area contributed by atoms with Crippen LogP contribution >= 0.6 is 0 Å². The number of pyridine rings is 1. The van der Waals surface area contributed by atoms with Crippen molar-refractivity contribution in [1.29, 1.82) is 0 Å². The van der Waals surface area contributed by atoms with E-state index in [9.17, 15) is 9.59 Å². The van der Waals surface area contributed by atoms with Gasteiger partial charge in [-0.15, -0.1) is 0 Å². The highest BCUT2D eigenvalue weighted by Crippen LogP contribution is 2.21. The molecule has 1 aromatic heterocycles. The van der Waals surface area contributed by atoms with Crippen molar-refractivity contribution >= 4 is 16.8 Å². The standard InChI is InChI=1S/C28H29N3O2/c1-20(2)31(19-21-9-5-3-6-10-21)28(33)27(23-11-7-4-8-12-23)29-18-22-13-15-25-24(17-22)14-16-26(32)30-25/h3-17,20,27,29H,18-19H2,1-2H3,(H,30,32)/t27-/m1/s1. The lowest BCUT2D eigenvalue weighted by Gasteiger charge is -2.31. The Labute approximate surface area is 194 Å². The molecule has 0 radical (unpaired) electrons. The fraction of sp³-hybridized carbons (Fsp3) is 0.214. The van der Waals surface area contributed by atoms with Gasteiger partial charge < -0.3 is 9.88 Å². The molecule has 0 fully saturated rings. The second-order valence-corrected chi connectivity index (χ2v) is 8.51. The highest BCUT2D eigenvalue weighted by Gasteiger charge is 2.27. The Morgan fingerprint density at radius 1 is 0.879 bits per heavy atom. The molecule has 0 spiro atoms. The summed E-state index contributed by atoms with van der Waals surface area (Å²) in [5, 5.41) is 4.45. The van der Waals surface area contributed by atoms with Gasteiger partial charge in [0, 0.05) is 30.7 Å². The summed E-state index contributed by atoms with van der Waals surface area (Å²) >= 11 is 0. The number of nitrogens with one attached hydrogen (secondary N) is 2. The van der Waals surface area contributed by atoms with E-state index >= 15 is 0 Å². The van der Waals surface area contributed by atoms with Gasteiger partial charge in [0.25, 0.3) is 0 Å². The van der Waals surface area contributed by atoms with E-state index in [2.05, 4.69) is 10.3 Å². The third-order valence-corrected chi connectivity index (χ3v) is 5.78. The van der Waals surface area contributed by atoms with Crippen LogP contribution in [0.25, 0.3) is 10.9 Å². The Hall–Kier alpha value is -3.70. The first kappa shape index (κ1) is 22.5. The number of benzene rings is 3. The van der Waals surface area contributed by atoms with Crippen LogP contribution in [0.2, 0.25) is 0 Å². The van der Waals surface area contributed by atoms with Crippen molar-refractivity contribution in [1.82, 2.24) is 15.2 Å². The second-order valence-electron chi connectivity index (χ2n) is 8.51. The first-order chi connectivity index (χ1) is 16.0. The van der Waals surface area contributed by atoms with Crippen LogP contribution in [0.5, 0.6) is 0 Å². The van der Waals surface area contributed by atoms with Gasteiger partial charge >= 0.3 is 0 Å². The average Bonchev–Trinajstić information content (AvgIpc) is 2.83. The summed E-state index contributed by atoms with van der Waals surface area (Å²) in [6.45, 7) is 5.18. The molecule has 0 saturated carbocycles. The molecule has 1 heterocycles. The number of carbonyl (C=O) groups excluding carboxylic acids is 1. The van der Waals surface area contributed by atoms with Gasteiger partial charge in [0.15, 0.2) is 0 Å². The van der Waals surface area contributed by atoms with E-state index in [-0.39, 0.29) is 17.5 Å². The van der Waals surface area contributed by atoms with Crippen molar-refractivity contribution in [3.63, 3.8) is 0 Å². The van der Waals surface area contributed by atoms with E-state index in [1.165, 1.54) is 6.07 Å². The van der Waals surface area contributed by atoms with Gasteiger partial charge in [0.2, 0.25) is 11.5 Å². The third kappa shape index (κ3) is 5.57. The molecule has 1 amide bonds. The molecule has 0 aliphatic rings. The lowest BCUT2D eigenvalue weighted by Crippen LogP contribution is -2.43. The number of carbonyl (C=O) groups is 1. The molecule has 4 aromatic rings. The van der Waals surface area contributed by atoms with Crippen LogP contribution < -0.4 is 10.9 Å². The van der Waals surface area contributed by atoms with Crippen LogP contribution in [0.1, 0.15) is 36.6 Å². The van der Waals surface area contributed by atoms with Gasteiger partial charge in [-0.05, 0) is 54.1 Å². The molecular weight excluding hydrogens is 410 g/mol. The molecule has 0 aliphatic heterocycles. The Morgan fingerprint density at radius 2 is 1.58 bits per heavy atom. The van der Waals surface area contributed by atoms with E-state index in [4.69, 9.17) is 0 Å². The van der Waals surface area contributed by atoms with Crippen molar-refractivity contribution < 1.29 is 4.79 Å². The molecule has 33 heavy (non-hydrogen) atoms. The van der Waals surface area contributed by atoms with E-state index in [0.29, 0.717) is 13.1 Å². The topological polar surface area (TPSA) is 65.2 Å². The van der Waals surface area contributed by atoms with E-state index in [0.717, 1.165) is 27.6 Å². The summed E-state index contributed by atoms with van der Waals surface area (Å²) in [5.41, 5.74) is 3.77. The average molecular weight is 440 g/mol. The Morgan fingerprint density at radius 3 is 2.27 bits per heavy atom. The van der Waals surface area contributed by atoms with Gasteiger partial charge in [-0.1, -0.05) is 66.7 Å². The maximum atomic E-state index is 13.8. The number of hydrogen-bond donors (Lipinski definition) is 2. The molecular formula is C28H29N3O2. The van der Waals surface area contributed by atoms with Gasteiger partial charge in [-0.25, -0.2) is 0 Å². The van der Waals surface area contributed by atoms with Crippen molar-refractivity contribution in [3.05, 3.63) is 118 Å². The van der Waals surface area contributed by atoms with Gasteiger partial charge in [0.1, 0.15) is 6.04 Å². The molecule has 0 unspecified atom stereocenters. The summed E-state index contributed by atoms with van der Waals surface area (Å²) in [5.74, 6) is 0.0465. The van der Waals surface area contributed by atoms with Gasteiger partial charge in [-0.2, -0.15) is 0 Å². The summed E-state index contributed by atoms with van der Waals surface area (Å²) in [4.78, 5) is 30.1. The lowest BCUT2D eigenvalue weighted by molar-refractivity contribution is -0.136. The number of nitrogens with zero attached hydrogens (tertiary/aromatic N) is 1. The van der Waals surface area contributed by atoms with E-state index in [1.54, 1.807) is 0 Å². The van der Waals surface area contributed by atoms with E-state index < -0.39 is 6.04 Å². The van der Waals surface area contributed by atoms with Gasteiger partial charge in [0.05, 0.1) is 0 Å². The van der Waals surface area contributed by atoms with Crippen molar-refractivity contribution in [2.24, 2.45) is 0 Å². The van der Waals surface area contributed by atoms with Crippen LogP contribution in [-0.2, 0) is 17.9 Å². The van der Waals surface area contributed by atoms with Crippen LogP contribution in [0.15, 0.2) is 95.8 Å². The number of amides is 1. The number of hydrogen-bond acceptors (Lipinski definition) is 3. The molecule has 3 aromatic carbocycles. The number of H-pyrrole nitrogens is 1. The predicted octanol–water partition coefficient (Wildman–Crippen LogP) is 4.80. The molecule has 5 heteroatoms. The van der Waals surface area contributed by atoms with Crippen LogP contribution in [0, 0.1) is 0 Å². The van der Waals surface area contributed by atoms with Crippen molar-refractivity contribution in [2.75, 3.05) is 0 Å². The minimum atomic E-state index is -0.469. The first-order valence-electron chi connectivity index (χ1n) is 11.3. The summed E-state index contributed by atoms with van der Waals surface area (Å²) < 4.78 is 0. The molecule has 0 aliphatic carbocycles. The van der Waals surface area contributed by atoms with Crippen molar-refractivity contribution in [3.8, 4) is 0 Å². The number of fused-ring (bicyclic) bond motifs is 1. The monoisotopic (exact) mass is 439 g/mol. The zero-order valence-corrected chi connectivity index (χ0v) is 19.0. The maximum absolute atomic E-state index is 13.8. The molecule has 4 rings (SSSR count). The number of aromatic amines is 1. The molecule has 1 atom stereocenters. The SMILES string of the molecule is CC(C)N(Cc1ccccc1)C(=O)[C@H](NCc1ccc2[nH]c(=O)ccc2c1)c1ccccc1. The first-order valence-corrected chi connectivity index (χ1v) is 11.3. The highest BCUT2D eigenvalue weighted by molar-refractivity contribution is 5.83. The second kappa shape index (κ2) is 10.3. The van der Waals surface area contributed by atoms with E-state index in [1.807, 2.05) is 104 Å². The summed E-state index contributed by atoms with van der Waals surface area (Å²) in [6, 6.07) is 28.8. The molecule has 168 valence electrons. The smallest absolute Gasteiger partial charge is 0.248 e. The lowest BCUT2D eigenvalue weighted by atomic mass is 10.0. The number of rotatable bonds is 8. The molecule has 0 bridgehead atoms. The molecule has 2 N–H and O–H groups in total. The Kier molecular flexibility index (Phi) is 7.01. The van der Waals surface area contributed by atoms with Crippen LogP contribution in [0.3, 0.4) is 0 Å². The van der Waals surface area contributed by atoms with Crippen LogP contribution in [0.4, 0.5) is 0 Å². The summed E-state index contributed by atoms with van der Waals surface area (Å²) in [6.07, 6.45) is 0. The zero-order chi connectivity index (χ0) is 23.2. The fourth-order valence-electron chi connectivity index (χ4n) is 3.99. The summed E-state index contributed by atoms with van der Waals surface area (Å²) in [7, 11) is 0. The zero-order valence-electron chi connectivity index (χ0n) is 19.0. The van der Waals surface area contributed by atoms with Crippen LogP contribution in [-0.4, -0.2) is 21.8 Å². The fourth-order valence-corrected chi connectivity index (χ4v) is 3.99. The Bertz CT molecular complexity index is 1270. The largest absolute Gasteiger partial charge is 0.334 e. The normalized spacial score (nSPS) is 12.1. The highest BCUT2D eigenvalue weighted by atomic mass is 16.2. The minimum absolute atomic E-state index is 0.0465. The Balaban J connectivity index is 1.58. The van der Waals surface area contributed by atoms with Crippen molar-refractivity contribution in [2.45, 2.75) is 39.0 Å². The molecule has 5 nitrogen and oxygen atoms in total. The minimum Gasteiger partial charge on any atom is -0.334 e. The quantitative estimate of drug-likeness (QED) is 0.415. The van der Waals surface area contributed by atoms with Gasteiger partial charge in [-0.3, -0.25) is 14.9 Å². The number of aromatic nitrogens is 1. The molecule has 0 saturated heterocycles. The maximum Gasteiger partial charge on any atom is 0.248 e. The third-order valence-electron chi connectivity index (χ3n) is 5.78.